The van der Waals surface area contributed by atoms with Crippen molar-refractivity contribution in [3.8, 4) is 0 Å². The highest BCUT2D eigenvalue weighted by atomic mass is 127. The van der Waals surface area contributed by atoms with Crippen LogP contribution in [0.1, 0.15) is 10.4 Å². The van der Waals surface area contributed by atoms with Gasteiger partial charge in [0.1, 0.15) is 0 Å². The van der Waals surface area contributed by atoms with E-state index in [9.17, 15) is 9.18 Å². The summed E-state index contributed by atoms with van der Waals surface area (Å²) in [6.07, 6.45) is 0. The van der Waals surface area contributed by atoms with Gasteiger partial charge in [-0.1, -0.05) is 29.8 Å². The van der Waals surface area contributed by atoms with E-state index in [1.165, 1.54) is 18.2 Å². The summed E-state index contributed by atoms with van der Waals surface area (Å²) in [6, 6.07) is 11.6. The third-order valence-electron chi connectivity index (χ3n) is 2.32. The van der Waals surface area contributed by atoms with E-state index in [0.717, 1.165) is 3.57 Å². The minimum absolute atomic E-state index is 0.0644. The maximum absolute atomic E-state index is 13.7. The van der Waals surface area contributed by atoms with Gasteiger partial charge < -0.3 is 5.32 Å². The first-order valence-corrected chi connectivity index (χ1v) is 6.55. The van der Waals surface area contributed by atoms with Crippen molar-refractivity contribution in [2.45, 2.75) is 0 Å². The van der Waals surface area contributed by atoms with E-state index >= 15 is 0 Å². The lowest BCUT2D eigenvalue weighted by molar-refractivity contribution is 0.102. The lowest BCUT2D eigenvalue weighted by atomic mass is 10.2. The number of hydrogen-bond donors (Lipinski definition) is 1. The van der Waals surface area contributed by atoms with Crippen molar-refractivity contribution < 1.29 is 9.18 Å². The fraction of sp³-hybridized carbons (Fsp3) is 0. The molecule has 5 heteroatoms. The lowest BCUT2D eigenvalue weighted by Gasteiger charge is -2.08. The summed E-state index contributed by atoms with van der Waals surface area (Å²) < 4.78 is 14.5. The van der Waals surface area contributed by atoms with Crippen LogP contribution in [0.15, 0.2) is 42.5 Å². The van der Waals surface area contributed by atoms with Crippen LogP contribution in [0.4, 0.5) is 10.1 Å². The average molecular weight is 376 g/mol. The first kappa shape index (κ1) is 13.3. The summed E-state index contributed by atoms with van der Waals surface area (Å²) in [5.74, 6) is -1.22. The zero-order valence-electron chi connectivity index (χ0n) is 9.08. The minimum Gasteiger partial charge on any atom is -0.321 e. The number of carbonyl (C=O) groups is 1. The van der Waals surface area contributed by atoms with Gasteiger partial charge in [0.05, 0.1) is 16.3 Å². The molecule has 2 nitrogen and oxygen atoms in total. The van der Waals surface area contributed by atoms with E-state index in [0.29, 0.717) is 5.69 Å². The van der Waals surface area contributed by atoms with Crippen LogP contribution in [-0.4, -0.2) is 5.91 Å². The maximum atomic E-state index is 13.7. The number of anilines is 1. The molecule has 0 unspecified atom stereocenters. The number of benzene rings is 2. The van der Waals surface area contributed by atoms with Gasteiger partial charge in [0.2, 0.25) is 0 Å². The summed E-state index contributed by atoms with van der Waals surface area (Å²) in [4.78, 5) is 11.9. The van der Waals surface area contributed by atoms with Gasteiger partial charge in [0, 0.05) is 3.57 Å². The molecule has 0 heterocycles. The van der Waals surface area contributed by atoms with E-state index in [4.69, 9.17) is 11.6 Å². The molecule has 0 aromatic heterocycles. The van der Waals surface area contributed by atoms with Crippen molar-refractivity contribution in [2.24, 2.45) is 0 Å². The second-order valence-corrected chi connectivity index (χ2v) is 5.10. The Balaban J connectivity index is 2.28. The van der Waals surface area contributed by atoms with Gasteiger partial charge in [0.15, 0.2) is 5.82 Å². The first-order chi connectivity index (χ1) is 8.59. The summed E-state index contributed by atoms with van der Waals surface area (Å²) in [6.45, 7) is 0. The smallest absolute Gasteiger partial charge is 0.258 e. The molecule has 2 rings (SSSR count). The Hall–Kier alpha value is -1.14. The lowest BCUT2D eigenvalue weighted by Crippen LogP contribution is -2.14. The van der Waals surface area contributed by atoms with Crippen LogP contribution >= 0.6 is 34.2 Å². The van der Waals surface area contributed by atoms with Crippen molar-refractivity contribution in [1.82, 2.24) is 0 Å². The summed E-state index contributed by atoms with van der Waals surface area (Å²) in [5.41, 5.74) is 0.574. The molecule has 2 aromatic rings. The van der Waals surface area contributed by atoms with E-state index in [1.54, 1.807) is 12.1 Å². The zero-order chi connectivity index (χ0) is 13.1. The van der Waals surface area contributed by atoms with E-state index < -0.39 is 11.7 Å². The standard InChI is InChI=1S/C13H8ClFINO/c14-9-5-3-4-8(12(9)15)13(18)17-11-7-2-1-6-10(11)16/h1-7H,(H,17,18). The van der Waals surface area contributed by atoms with Crippen LogP contribution < -0.4 is 5.32 Å². The SMILES string of the molecule is O=C(Nc1ccccc1I)c1cccc(Cl)c1F. The fourth-order valence-electron chi connectivity index (χ4n) is 1.43. The molecule has 0 aliphatic heterocycles. The summed E-state index contributed by atoms with van der Waals surface area (Å²) >= 11 is 7.73. The molecular weight excluding hydrogens is 368 g/mol. The minimum atomic E-state index is -0.706. The van der Waals surface area contributed by atoms with Crippen LogP contribution in [0, 0.1) is 9.39 Å². The molecule has 0 bridgehead atoms. The Morgan fingerprint density at radius 1 is 1.17 bits per heavy atom. The van der Waals surface area contributed by atoms with E-state index in [2.05, 4.69) is 27.9 Å². The van der Waals surface area contributed by atoms with Gasteiger partial charge in [-0.2, -0.15) is 0 Å². The highest BCUT2D eigenvalue weighted by Crippen LogP contribution is 2.21. The number of carbonyl (C=O) groups excluding carboxylic acids is 1. The van der Waals surface area contributed by atoms with Gasteiger partial charge >= 0.3 is 0 Å². The second kappa shape index (κ2) is 5.67. The molecule has 0 spiro atoms. The molecule has 0 aliphatic rings. The normalized spacial score (nSPS) is 10.2. The highest BCUT2D eigenvalue weighted by molar-refractivity contribution is 14.1. The van der Waals surface area contributed by atoms with Crippen LogP contribution in [0.25, 0.3) is 0 Å². The van der Waals surface area contributed by atoms with Gasteiger partial charge in [-0.05, 0) is 46.9 Å². The van der Waals surface area contributed by atoms with Crippen molar-refractivity contribution in [3.05, 3.63) is 62.4 Å². The van der Waals surface area contributed by atoms with Crippen LogP contribution in [0.5, 0.6) is 0 Å². The molecule has 0 saturated heterocycles. The Labute approximate surface area is 122 Å². The monoisotopic (exact) mass is 375 g/mol. The topological polar surface area (TPSA) is 29.1 Å². The highest BCUT2D eigenvalue weighted by Gasteiger charge is 2.14. The Morgan fingerprint density at radius 3 is 2.61 bits per heavy atom. The van der Waals surface area contributed by atoms with Crippen LogP contribution in [0.3, 0.4) is 0 Å². The Bertz CT molecular complexity index is 603. The molecule has 0 atom stereocenters. The van der Waals surface area contributed by atoms with E-state index in [-0.39, 0.29) is 10.6 Å². The number of halogens is 3. The number of nitrogens with one attached hydrogen (secondary N) is 1. The molecule has 1 N–H and O–H groups in total. The molecule has 0 radical (unpaired) electrons. The van der Waals surface area contributed by atoms with Crippen molar-refractivity contribution in [1.29, 1.82) is 0 Å². The molecule has 92 valence electrons. The molecule has 1 amide bonds. The van der Waals surface area contributed by atoms with E-state index in [1.807, 2.05) is 12.1 Å². The molecule has 0 fully saturated rings. The first-order valence-electron chi connectivity index (χ1n) is 5.09. The maximum Gasteiger partial charge on any atom is 0.258 e. The predicted molar refractivity (Wildman–Crippen MR) is 78.5 cm³/mol. The predicted octanol–water partition coefficient (Wildman–Crippen LogP) is 4.34. The number of rotatable bonds is 2. The molecule has 0 saturated carbocycles. The van der Waals surface area contributed by atoms with Crippen LogP contribution in [0.2, 0.25) is 5.02 Å². The largest absolute Gasteiger partial charge is 0.321 e. The van der Waals surface area contributed by atoms with Crippen molar-refractivity contribution in [2.75, 3.05) is 5.32 Å². The van der Waals surface area contributed by atoms with Crippen LogP contribution in [-0.2, 0) is 0 Å². The molecule has 0 aliphatic carbocycles. The molecule has 2 aromatic carbocycles. The third-order valence-corrected chi connectivity index (χ3v) is 3.55. The fourth-order valence-corrected chi connectivity index (χ4v) is 2.13. The Kier molecular flexibility index (Phi) is 4.19. The summed E-state index contributed by atoms with van der Waals surface area (Å²) in [5, 5.41) is 2.59. The number of para-hydroxylation sites is 1. The number of hydrogen-bond acceptors (Lipinski definition) is 1. The Morgan fingerprint density at radius 2 is 1.89 bits per heavy atom. The van der Waals surface area contributed by atoms with Gasteiger partial charge in [-0.15, -0.1) is 0 Å². The van der Waals surface area contributed by atoms with Gasteiger partial charge in [-0.25, -0.2) is 4.39 Å². The van der Waals surface area contributed by atoms with Gasteiger partial charge in [0.25, 0.3) is 5.91 Å². The summed E-state index contributed by atoms with van der Waals surface area (Å²) in [7, 11) is 0. The second-order valence-electron chi connectivity index (χ2n) is 3.54. The third kappa shape index (κ3) is 2.81. The quantitative estimate of drug-likeness (QED) is 0.778. The molecule has 18 heavy (non-hydrogen) atoms. The van der Waals surface area contributed by atoms with Crippen molar-refractivity contribution >= 4 is 45.8 Å². The number of amides is 1. The molecular formula is C13H8ClFINO. The zero-order valence-corrected chi connectivity index (χ0v) is 12.0. The van der Waals surface area contributed by atoms with Gasteiger partial charge in [-0.3, -0.25) is 4.79 Å². The average Bonchev–Trinajstić information content (AvgIpc) is 2.35. The van der Waals surface area contributed by atoms with Crippen molar-refractivity contribution in [3.63, 3.8) is 0 Å².